The molecule has 1 amide bonds. The number of nitrogens with zero attached hydrogens (tertiary/aromatic N) is 2. The van der Waals surface area contributed by atoms with Crippen molar-refractivity contribution in [2.24, 2.45) is 5.92 Å². The van der Waals surface area contributed by atoms with Crippen LogP contribution in [0.3, 0.4) is 0 Å². The summed E-state index contributed by atoms with van der Waals surface area (Å²) in [5, 5.41) is 3.28. The molecule has 0 aromatic carbocycles. The van der Waals surface area contributed by atoms with E-state index in [0.29, 0.717) is 6.61 Å². The molecule has 2 heterocycles. The fraction of sp³-hybridized carbons (Fsp3) is 0.929. The summed E-state index contributed by atoms with van der Waals surface area (Å²) in [5.74, 6) is 0.947. The largest absolute Gasteiger partial charge is 0.375 e. The fourth-order valence-electron chi connectivity index (χ4n) is 3.06. The minimum Gasteiger partial charge on any atom is -0.375 e. The number of rotatable bonds is 3. The van der Waals surface area contributed by atoms with Gasteiger partial charge in [0.1, 0.15) is 6.04 Å². The van der Waals surface area contributed by atoms with Crippen molar-refractivity contribution in [1.29, 1.82) is 0 Å². The molecule has 2 atom stereocenters. The van der Waals surface area contributed by atoms with Crippen LogP contribution in [0.1, 0.15) is 19.8 Å². The van der Waals surface area contributed by atoms with Gasteiger partial charge in [0.15, 0.2) is 0 Å². The molecule has 19 heavy (non-hydrogen) atoms. The minimum atomic E-state index is -0.154. The van der Waals surface area contributed by atoms with Gasteiger partial charge in [0.05, 0.1) is 12.7 Å². The second-order valence-corrected chi connectivity index (χ2v) is 6.04. The first kappa shape index (κ1) is 14.8. The van der Waals surface area contributed by atoms with Crippen LogP contribution in [0.5, 0.6) is 0 Å². The summed E-state index contributed by atoms with van der Waals surface area (Å²) in [6.07, 6.45) is 2.22. The van der Waals surface area contributed by atoms with E-state index < -0.39 is 0 Å². The van der Waals surface area contributed by atoms with Gasteiger partial charge >= 0.3 is 0 Å². The number of likely N-dealkylation sites (tertiary alicyclic amines) is 1. The number of nitrogens with one attached hydrogen (secondary N) is 1. The van der Waals surface area contributed by atoms with Crippen LogP contribution in [0.15, 0.2) is 0 Å². The monoisotopic (exact) mass is 269 g/mol. The van der Waals surface area contributed by atoms with Crippen LogP contribution in [0, 0.1) is 5.92 Å². The van der Waals surface area contributed by atoms with Crippen molar-refractivity contribution < 1.29 is 9.53 Å². The molecule has 2 aliphatic heterocycles. The van der Waals surface area contributed by atoms with Crippen LogP contribution in [0.4, 0.5) is 0 Å². The molecule has 0 spiro atoms. The third-order valence-corrected chi connectivity index (χ3v) is 4.13. The lowest BCUT2D eigenvalue weighted by Gasteiger charge is -2.38. The second-order valence-electron chi connectivity index (χ2n) is 6.04. The number of carbonyl (C=O) groups excluding carboxylic acids is 1. The molecule has 0 unspecified atom stereocenters. The van der Waals surface area contributed by atoms with E-state index in [0.717, 1.165) is 44.9 Å². The van der Waals surface area contributed by atoms with Crippen LogP contribution in [0.2, 0.25) is 0 Å². The van der Waals surface area contributed by atoms with E-state index >= 15 is 0 Å². The summed E-state index contributed by atoms with van der Waals surface area (Å²) in [6.45, 7) is 6.37. The fourth-order valence-corrected chi connectivity index (χ4v) is 3.06. The van der Waals surface area contributed by atoms with Gasteiger partial charge in [-0.05, 0) is 39.8 Å². The molecular formula is C14H27N3O2. The Kier molecular flexibility index (Phi) is 5.19. The minimum absolute atomic E-state index is 0.0132. The number of hydrogen-bond acceptors (Lipinski definition) is 4. The van der Waals surface area contributed by atoms with Gasteiger partial charge in [-0.2, -0.15) is 0 Å². The van der Waals surface area contributed by atoms with Crippen LogP contribution >= 0.6 is 0 Å². The number of carbonyl (C=O) groups is 1. The summed E-state index contributed by atoms with van der Waals surface area (Å²) < 4.78 is 5.56. The van der Waals surface area contributed by atoms with E-state index in [1.807, 2.05) is 11.8 Å². The maximum absolute atomic E-state index is 12.5. The molecule has 2 saturated heterocycles. The maximum Gasteiger partial charge on any atom is 0.242 e. The first-order chi connectivity index (χ1) is 9.08. The lowest BCUT2D eigenvalue weighted by molar-refractivity contribution is -0.140. The molecular weight excluding hydrogens is 242 g/mol. The second kappa shape index (κ2) is 6.68. The van der Waals surface area contributed by atoms with Gasteiger partial charge < -0.3 is 19.9 Å². The van der Waals surface area contributed by atoms with Crippen LogP contribution in [-0.2, 0) is 9.53 Å². The quantitative estimate of drug-likeness (QED) is 0.793. The van der Waals surface area contributed by atoms with Gasteiger partial charge in [-0.15, -0.1) is 0 Å². The number of ether oxygens (including phenoxy) is 1. The van der Waals surface area contributed by atoms with E-state index in [-0.39, 0.29) is 18.1 Å². The van der Waals surface area contributed by atoms with Crippen molar-refractivity contribution in [3.63, 3.8) is 0 Å². The Bertz CT molecular complexity index is 301. The Morgan fingerprint density at radius 2 is 2.05 bits per heavy atom. The third-order valence-electron chi connectivity index (χ3n) is 4.13. The highest BCUT2D eigenvalue weighted by Gasteiger charge is 2.33. The van der Waals surface area contributed by atoms with Gasteiger partial charge in [0.25, 0.3) is 0 Å². The van der Waals surface area contributed by atoms with E-state index in [9.17, 15) is 4.79 Å². The topological polar surface area (TPSA) is 44.8 Å². The van der Waals surface area contributed by atoms with E-state index in [1.54, 1.807) is 0 Å². The zero-order chi connectivity index (χ0) is 13.8. The van der Waals surface area contributed by atoms with Gasteiger partial charge in [-0.1, -0.05) is 0 Å². The van der Waals surface area contributed by atoms with E-state index in [4.69, 9.17) is 4.74 Å². The average Bonchev–Trinajstić information content (AvgIpc) is 2.39. The smallest absolute Gasteiger partial charge is 0.242 e. The Morgan fingerprint density at radius 1 is 1.37 bits per heavy atom. The molecule has 0 aliphatic carbocycles. The molecule has 0 aromatic heterocycles. The molecule has 0 radical (unpaired) electrons. The molecule has 2 aliphatic rings. The Hall–Kier alpha value is -0.650. The van der Waals surface area contributed by atoms with Crippen molar-refractivity contribution in [3.8, 4) is 0 Å². The molecule has 2 fully saturated rings. The molecule has 5 nitrogen and oxygen atoms in total. The molecule has 0 aromatic rings. The van der Waals surface area contributed by atoms with Crippen molar-refractivity contribution in [2.75, 3.05) is 46.9 Å². The standard InChI is InChI=1S/C14H27N3O2/c1-11-13(15-6-9-19-11)14(18)17-7-4-12(5-8-17)10-16(2)3/h11-13,15H,4-10H2,1-3H3/t11-,13+/m1/s1. The van der Waals surface area contributed by atoms with Gasteiger partial charge in [-0.3, -0.25) is 4.79 Å². The number of amides is 1. The van der Waals surface area contributed by atoms with E-state index in [2.05, 4.69) is 24.3 Å². The molecule has 110 valence electrons. The average molecular weight is 269 g/mol. The molecule has 0 bridgehead atoms. The highest BCUT2D eigenvalue weighted by atomic mass is 16.5. The summed E-state index contributed by atoms with van der Waals surface area (Å²) >= 11 is 0. The maximum atomic E-state index is 12.5. The molecule has 1 N–H and O–H groups in total. The predicted molar refractivity (Wildman–Crippen MR) is 75.1 cm³/mol. The van der Waals surface area contributed by atoms with E-state index in [1.165, 1.54) is 0 Å². The van der Waals surface area contributed by atoms with Crippen LogP contribution < -0.4 is 5.32 Å². The number of hydrogen-bond donors (Lipinski definition) is 1. The van der Waals surface area contributed by atoms with Crippen molar-refractivity contribution >= 4 is 5.91 Å². The van der Waals surface area contributed by atoms with Crippen molar-refractivity contribution in [1.82, 2.24) is 15.1 Å². The van der Waals surface area contributed by atoms with Crippen molar-refractivity contribution in [3.05, 3.63) is 0 Å². The highest BCUT2D eigenvalue weighted by Crippen LogP contribution is 2.19. The van der Waals surface area contributed by atoms with Gasteiger partial charge in [0.2, 0.25) is 5.91 Å². The summed E-state index contributed by atoms with van der Waals surface area (Å²) in [4.78, 5) is 16.7. The van der Waals surface area contributed by atoms with Gasteiger partial charge in [0, 0.05) is 26.2 Å². The third kappa shape index (κ3) is 3.91. The highest BCUT2D eigenvalue weighted by molar-refractivity contribution is 5.82. The van der Waals surface area contributed by atoms with Crippen LogP contribution in [0.25, 0.3) is 0 Å². The Balaban J connectivity index is 1.81. The summed E-state index contributed by atoms with van der Waals surface area (Å²) in [6, 6.07) is -0.154. The zero-order valence-electron chi connectivity index (χ0n) is 12.4. The van der Waals surface area contributed by atoms with Gasteiger partial charge in [-0.25, -0.2) is 0 Å². The lowest BCUT2D eigenvalue weighted by atomic mass is 9.95. The molecule has 0 saturated carbocycles. The first-order valence-electron chi connectivity index (χ1n) is 7.36. The summed E-state index contributed by atoms with van der Waals surface area (Å²) in [7, 11) is 4.23. The summed E-state index contributed by atoms with van der Waals surface area (Å²) in [5.41, 5.74) is 0. The lowest BCUT2D eigenvalue weighted by Crippen LogP contribution is -2.57. The first-order valence-corrected chi connectivity index (χ1v) is 7.36. The SMILES string of the molecule is C[C@H]1OCCN[C@@H]1C(=O)N1CCC(CN(C)C)CC1. The predicted octanol–water partition coefficient (Wildman–Crippen LogP) is 0.164. The zero-order valence-corrected chi connectivity index (χ0v) is 12.4. The molecule has 5 heteroatoms. The molecule has 2 rings (SSSR count). The Morgan fingerprint density at radius 3 is 2.63 bits per heavy atom. The Labute approximate surface area is 116 Å². The van der Waals surface area contributed by atoms with Crippen molar-refractivity contribution in [2.45, 2.75) is 31.9 Å². The number of piperidine rings is 1. The number of morpholine rings is 1. The normalized spacial score (nSPS) is 29.8. The van der Waals surface area contributed by atoms with Crippen LogP contribution in [-0.4, -0.2) is 74.7 Å².